The van der Waals surface area contributed by atoms with Crippen molar-refractivity contribution in [3.63, 3.8) is 0 Å². The Kier molecular flexibility index (Phi) is 5.38. The minimum absolute atomic E-state index is 0.798. The lowest BCUT2D eigenvalue weighted by Crippen LogP contribution is -2.34. The van der Waals surface area contributed by atoms with Crippen LogP contribution in [-0.2, 0) is 11.3 Å². The second-order valence-electron chi connectivity index (χ2n) is 5.88. The molecule has 0 atom stereocenters. The third kappa shape index (κ3) is 4.46. The van der Waals surface area contributed by atoms with Crippen LogP contribution in [0.15, 0.2) is 17.5 Å². The number of carbonyl (C=O) groups is 1. The van der Waals surface area contributed by atoms with Gasteiger partial charge in [0, 0.05) is 17.5 Å². The third-order valence-corrected chi connectivity index (χ3v) is 4.99. The first kappa shape index (κ1) is 15.3. The number of nitrogens with zero attached hydrogens (tertiary/aromatic N) is 1. The van der Waals surface area contributed by atoms with E-state index in [1.54, 1.807) is 17.4 Å². The van der Waals surface area contributed by atoms with Crippen LogP contribution in [0.2, 0.25) is 0 Å². The second kappa shape index (κ2) is 7.04. The van der Waals surface area contributed by atoms with Crippen molar-refractivity contribution in [3.8, 4) is 0 Å². The van der Waals surface area contributed by atoms with Gasteiger partial charge in [-0.25, -0.2) is 4.79 Å². The first-order valence-electron chi connectivity index (χ1n) is 7.25. The van der Waals surface area contributed by atoms with Gasteiger partial charge in [0.05, 0.1) is 0 Å². The molecule has 0 unspecified atom stereocenters. The molecule has 1 aliphatic heterocycles. The fraction of sp³-hybridized carbons (Fsp3) is 0.562. The Labute approximate surface area is 124 Å². The molecule has 0 bridgehead atoms. The quantitative estimate of drug-likeness (QED) is 0.841. The summed E-state index contributed by atoms with van der Waals surface area (Å²) in [5, 5.41) is 10.6. The van der Waals surface area contributed by atoms with Crippen LogP contribution in [0, 0.1) is 11.8 Å². The average Bonchev–Trinajstić information content (AvgIpc) is 2.84. The number of hydrogen-bond donors (Lipinski definition) is 1. The molecule has 110 valence electrons. The molecule has 1 aromatic rings. The number of carboxylic acid groups (broad SMARTS) is 1. The highest BCUT2D eigenvalue weighted by Gasteiger charge is 2.21. The maximum Gasteiger partial charge on any atom is 0.328 e. The predicted octanol–water partition coefficient (Wildman–Crippen LogP) is 3.71. The van der Waals surface area contributed by atoms with Crippen molar-refractivity contribution in [2.75, 3.05) is 13.1 Å². The van der Waals surface area contributed by atoms with Crippen LogP contribution >= 0.6 is 11.3 Å². The number of piperidine rings is 1. The molecule has 2 rings (SSSR count). The van der Waals surface area contributed by atoms with Gasteiger partial charge in [0.1, 0.15) is 0 Å². The van der Waals surface area contributed by atoms with Crippen LogP contribution in [0.1, 0.15) is 37.1 Å². The van der Waals surface area contributed by atoms with E-state index in [-0.39, 0.29) is 0 Å². The smallest absolute Gasteiger partial charge is 0.328 e. The third-order valence-electron chi connectivity index (χ3n) is 4.05. The molecule has 3 nitrogen and oxygen atoms in total. The van der Waals surface area contributed by atoms with E-state index < -0.39 is 5.97 Å². The van der Waals surface area contributed by atoms with Crippen molar-refractivity contribution in [1.29, 1.82) is 0 Å². The van der Waals surface area contributed by atoms with Gasteiger partial charge in [-0.05, 0) is 60.9 Å². The van der Waals surface area contributed by atoms with E-state index in [1.807, 2.05) is 5.38 Å². The summed E-state index contributed by atoms with van der Waals surface area (Å²) in [6.45, 7) is 8.00. The molecule has 1 N–H and O–H groups in total. The fourth-order valence-electron chi connectivity index (χ4n) is 2.73. The zero-order valence-electron chi connectivity index (χ0n) is 12.2. The second-order valence-corrected chi connectivity index (χ2v) is 6.87. The molecule has 2 heterocycles. The molecular weight excluding hydrogens is 270 g/mol. The lowest BCUT2D eigenvalue weighted by molar-refractivity contribution is -0.131. The molecule has 0 aliphatic carbocycles. The summed E-state index contributed by atoms with van der Waals surface area (Å²) < 4.78 is 0. The van der Waals surface area contributed by atoms with E-state index >= 15 is 0 Å². The van der Waals surface area contributed by atoms with E-state index in [9.17, 15) is 4.79 Å². The van der Waals surface area contributed by atoms with Crippen molar-refractivity contribution < 1.29 is 9.90 Å². The van der Waals surface area contributed by atoms with Gasteiger partial charge in [0.2, 0.25) is 0 Å². The maximum atomic E-state index is 10.5. The zero-order valence-corrected chi connectivity index (χ0v) is 13.0. The monoisotopic (exact) mass is 293 g/mol. The first-order valence-corrected chi connectivity index (χ1v) is 8.13. The van der Waals surface area contributed by atoms with Gasteiger partial charge in [-0.2, -0.15) is 0 Å². The normalized spacial score (nSPS) is 18.1. The van der Waals surface area contributed by atoms with Crippen molar-refractivity contribution >= 4 is 23.4 Å². The molecular formula is C16H23NO2S. The molecule has 0 aromatic carbocycles. The molecule has 20 heavy (non-hydrogen) atoms. The Bertz CT molecular complexity index is 471. The summed E-state index contributed by atoms with van der Waals surface area (Å²) in [4.78, 5) is 14.3. The SMILES string of the molecule is CC(C)C1CCN(Cc2cc(/C=C/C(=O)O)cs2)CC1. The largest absolute Gasteiger partial charge is 0.478 e. The number of rotatable bonds is 5. The highest BCUT2D eigenvalue weighted by molar-refractivity contribution is 7.10. The van der Waals surface area contributed by atoms with Crippen molar-refractivity contribution in [2.45, 2.75) is 33.2 Å². The summed E-state index contributed by atoms with van der Waals surface area (Å²) >= 11 is 1.72. The van der Waals surface area contributed by atoms with Crippen LogP contribution in [0.4, 0.5) is 0 Å². The van der Waals surface area contributed by atoms with Crippen LogP contribution in [0.25, 0.3) is 6.08 Å². The number of thiophene rings is 1. The van der Waals surface area contributed by atoms with Crippen molar-refractivity contribution in [3.05, 3.63) is 28.0 Å². The van der Waals surface area contributed by atoms with E-state index in [4.69, 9.17) is 5.11 Å². The first-order chi connectivity index (χ1) is 9.54. The molecule has 0 spiro atoms. The van der Waals surface area contributed by atoms with Gasteiger partial charge < -0.3 is 5.11 Å². The average molecular weight is 293 g/mol. The summed E-state index contributed by atoms with van der Waals surface area (Å²) in [7, 11) is 0. The van der Waals surface area contributed by atoms with Crippen LogP contribution in [0.5, 0.6) is 0 Å². The lowest BCUT2D eigenvalue weighted by atomic mass is 9.87. The maximum absolute atomic E-state index is 10.5. The minimum atomic E-state index is -0.895. The standard InChI is InChI=1S/C16H23NO2S/c1-12(2)14-5-7-17(8-6-14)10-15-9-13(11-20-15)3-4-16(18)19/h3-4,9,11-12,14H,5-8,10H2,1-2H3,(H,18,19)/b4-3+. The lowest BCUT2D eigenvalue weighted by Gasteiger charge is -2.33. The summed E-state index contributed by atoms with van der Waals surface area (Å²) in [6, 6.07) is 2.10. The Hall–Kier alpha value is -1.13. The molecule has 0 amide bonds. The van der Waals surface area contributed by atoms with E-state index in [2.05, 4.69) is 24.8 Å². The molecule has 0 saturated carbocycles. The van der Waals surface area contributed by atoms with Crippen LogP contribution < -0.4 is 0 Å². The summed E-state index contributed by atoms with van der Waals surface area (Å²) in [6.07, 6.45) is 5.46. The molecule has 1 aromatic heterocycles. The van der Waals surface area contributed by atoms with E-state index in [0.29, 0.717) is 0 Å². The topological polar surface area (TPSA) is 40.5 Å². The number of carboxylic acids is 1. The summed E-state index contributed by atoms with van der Waals surface area (Å²) in [5.41, 5.74) is 0.990. The van der Waals surface area contributed by atoms with Crippen molar-refractivity contribution in [1.82, 2.24) is 4.90 Å². The Morgan fingerprint density at radius 3 is 2.80 bits per heavy atom. The number of likely N-dealkylation sites (tertiary alicyclic amines) is 1. The summed E-state index contributed by atoms with van der Waals surface area (Å²) in [5.74, 6) is 0.781. The van der Waals surface area contributed by atoms with Gasteiger partial charge in [0.15, 0.2) is 0 Å². The minimum Gasteiger partial charge on any atom is -0.478 e. The van der Waals surface area contributed by atoms with Crippen LogP contribution in [0.3, 0.4) is 0 Å². The Morgan fingerprint density at radius 2 is 2.20 bits per heavy atom. The van der Waals surface area contributed by atoms with E-state index in [1.165, 1.54) is 36.9 Å². The van der Waals surface area contributed by atoms with E-state index in [0.717, 1.165) is 23.9 Å². The highest BCUT2D eigenvalue weighted by atomic mass is 32.1. The van der Waals surface area contributed by atoms with Crippen LogP contribution in [-0.4, -0.2) is 29.1 Å². The van der Waals surface area contributed by atoms with Gasteiger partial charge in [0.25, 0.3) is 0 Å². The number of hydrogen-bond acceptors (Lipinski definition) is 3. The molecule has 1 saturated heterocycles. The molecule has 4 heteroatoms. The Morgan fingerprint density at radius 1 is 1.50 bits per heavy atom. The van der Waals surface area contributed by atoms with Crippen molar-refractivity contribution in [2.24, 2.45) is 11.8 Å². The molecule has 0 radical (unpaired) electrons. The Balaban J connectivity index is 1.84. The van der Waals surface area contributed by atoms with Gasteiger partial charge >= 0.3 is 5.97 Å². The highest BCUT2D eigenvalue weighted by Crippen LogP contribution is 2.26. The molecule has 1 aliphatic rings. The van der Waals surface area contributed by atoms with Gasteiger partial charge in [-0.3, -0.25) is 4.90 Å². The number of aliphatic carboxylic acids is 1. The zero-order chi connectivity index (χ0) is 14.5. The predicted molar refractivity (Wildman–Crippen MR) is 83.8 cm³/mol. The van der Waals surface area contributed by atoms with Gasteiger partial charge in [-0.15, -0.1) is 11.3 Å². The van der Waals surface area contributed by atoms with Gasteiger partial charge in [-0.1, -0.05) is 13.8 Å². The molecule has 1 fully saturated rings. The fourth-order valence-corrected chi connectivity index (χ4v) is 3.63.